The molecule has 47 heavy (non-hydrogen) atoms. The van der Waals surface area contributed by atoms with Crippen molar-refractivity contribution in [2.45, 2.75) is 46.5 Å². The van der Waals surface area contributed by atoms with Crippen molar-refractivity contribution in [3.05, 3.63) is 89.7 Å². The molecule has 0 N–H and O–H groups in total. The first kappa shape index (κ1) is 36.2. The molecule has 0 aromatic heterocycles. The van der Waals surface area contributed by atoms with Gasteiger partial charge in [0.1, 0.15) is 18.8 Å². The van der Waals surface area contributed by atoms with Crippen LogP contribution in [0.4, 0.5) is 10.5 Å². The predicted octanol–water partition coefficient (Wildman–Crippen LogP) is 4.13. The number of ether oxygens (including phenoxy) is 3. The van der Waals surface area contributed by atoms with Gasteiger partial charge in [-0.3, -0.25) is 19.4 Å². The van der Waals surface area contributed by atoms with Crippen molar-refractivity contribution in [1.29, 1.82) is 0 Å². The van der Waals surface area contributed by atoms with Crippen LogP contribution in [0.3, 0.4) is 0 Å². The van der Waals surface area contributed by atoms with E-state index in [1.165, 1.54) is 19.9 Å². The molecule has 3 rings (SSSR count). The summed E-state index contributed by atoms with van der Waals surface area (Å²) in [4.78, 5) is 79.8. The van der Waals surface area contributed by atoms with Gasteiger partial charge in [0, 0.05) is 40.1 Å². The molecule has 4 amide bonds. The van der Waals surface area contributed by atoms with Gasteiger partial charge in [-0.2, -0.15) is 0 Å². The topological polar surface area (TPSA) is 140 Å². The number of nitrogens with zero attached hydrogens (tertiary/aromatic N) is 3. The molecule has 0 aliphatic carbocycles. The molecule has 250 valence electrons. The van der Waals surface area contributed by atoms with E-state index >= 15 is 0 Å². The largest absolute Gasteiger partial charge is 0.462 e. The highest BCUT2D eigenvalue weighted by molar-refractivity contribution is 6.28. The molecule has 12 nitrogen and oxygen atoms in total. The average molecular weight is 648 g/mol. The van der Waals surface area contributed by atoms with Gasteiger partial charge in [-0.05, 0) is 51.0 Å². The molecule has 0 bridgehead atoms. The molecular formula is C35H41N3O9. The highest BCUT2D eigenvalue weighted by atomic mass is 16.5. The van der Waals surface area contributed by atoms with Crippen molar-refractivity contribution < 1.29 is 43.0 Å². The lowest BCUT2D eigenvalue weighted by Crippen LogP contribution is -2.57. The Bertz CT molecular complexity index is 1530. The van der Waals surface area contributed by atoms with Crippen LogP contribution in [0.15, 0.2) is 84.1 Å². The van der Waals surface area contributed by atoms with Gasteiger partial charge in [-0.1, -0.05) is 51.8 Å². The average Bonchev–Trinajstić information content (AvgIpc) is 3.23. The predicted molar refractivity (Wildman–Crippen MR) is 174 cm³/mol. The van der Waals surface area contributed by atoms with E-state index in [0.29, 0.717) is 18.5 Å². The number of carbonyl (C=O) groups excluding carboxylic acids is 6. The van der Waals surface area contributed by atoms with E-state index in [1.807, 2.05) is 43.0 Å². The second-order valence-electron chi connectivity index (χ2n) is 11.7. The number of anilines is 1. The summed E-state index contributed by atoms with van der Waals surface area (Å²) in [5, 5.41) is 0. The maximum atomic E-state index is 13.6. The van der Waals surface area contributed by atoms with E-state index in [2.05, 4.69) is 19.7 Å². The Morgan fingerprint density at radius 1 is 0.702 bits per heavy atom. The van der Waals surface area contributed by atoms with Crippen LogP contribution in [0.2, 0.25) is 0 Å². The van der Waals surface area contributed by atoms with Crippen molar-refractivity contribution in [2.75, 3.05) is 44.4 Å². The van der Waals surface area contributed by atoms with Gasteiger partial charge in [-0.25, -0.2) is 19.2 Å². The Labute approximate surface area is 274 Å². The monoisotopic (exact) mass is 647 g/mol. The summed E-state index contributed by atoms with van der Waals surface area (Å²) >= 11 is 0. The number of urea groups is 1. The van der Waals surface area contributed by atoms with E-state index in [-0.39, 0.29) is 49.6 Å². The minimum Gasteiger partial charge on any atom is -0.462 e. The fourth-order valence-electron chi connectivity index (χ4n) is 5.00. The van der Waals surface area contributed by atoms with Crippen molar-refractivity contribution in [2.24, 2.45) is 0 Å². The van der Waals surface area contributed by atoms with Crippen LogP contribution in [0.1, 0.15) is 46.6 Å². The smallest absolute Gasteiger partial charge is 0.334 e. The number of rotatable bonds is 14. The summed E-state index contributed by atoms with van der Waals surface area (Å²) in [6.45, 7) is 18.4. The lowest BCUT2D eigenvalue weighted by atomic mass is 9.83. The second kappa shape index (κ2) is 15.4. The number of hydrogen-bond donors (Lipinski definition) is 0. The van der Waals surface area contributed by atoms with Gasteiger partial charge in [0.25, 0.3) is 11.8 Å². The third-order valence-electron chi connectivity index (χ3n) is 7.52. The summed E-state index contributed by atoms with van der Waals surface area (Å²) in [6, 6.07) is 6.84. The Balaban J connectivity index is 1.96. The zero-order chi connectivity index (χ0) is 35.1. The lowest BCUT2D eigenvalue weighted by Gasteiger charge is -2.33. The zero-order valence-corrected chi connectivity index (χ0v) is 27.6. The van der Waals surface area contributed by atoms with Gasteiger partial charge in [-0.15, -0.1) is 0 Å². The lowest BCUT2D eigenvalue weighted by molar-refractivity contribution is -0.144. The van der Waals surface area contributed by atoms with Crippen molar-refractivity contribution >= 4 is 41.4 Å². The number of barbiturate groups is 1. The van der Waals surface area contributed by atoms with Gasteiger partial charge < -0.3 is 19.1 Å². The molecule has 2 aliphatic rings. The number of imide groups is 2. The van der Waals surface area contributed by atoms with Crippen LogP contribution in [0, 0.1) is 0 Å². The molecular weight excluding hydrogens is 606 g/mol. The third kappa shape index (κ3) is 8.32. The number of benzene rings is 1. The summed E-state index contributed by atoms with van der Waals surface area (Å²) in [5.74, 6) is -3.61. The molecule has 0 radical (unpaired) electrons. The normalized spacial score (nSPS) is 16.2. The van der Waals surface area contributed by atoms with Crippen LogP contribution >= 0.6 is 0 Å². The van der Waals surface area contributed by atoms with Gasteiger partial charge in [0.05, 0.1) is 19.7 Å². The first-order valence-electron chi connectivity index (χ1n) is 15.0. The van der Waals surface area contributed by atoms with Crippen molar-refractivity contribution in [3.8, 4) is 0 Å². The van der Waals surface area contributed by atoms with E-state index in [9.17, 15) is 28.8 Å². The molecule has 1 aromatic carbocycles. The van der Waals surface area contributed by atoms with Crippen LogP contribution in [0.25, 0.3) is 0 Å². The molecule has 0 atom stereocenters. The van der Waals surface area contributed by atoms with Crippen LogP contribution in [-0.4, -0.2) is 85.0 Å². The van der Waals surface area contributed by atoms with E-state index < -0.39 is 41.2 Å². The molecule has 0 spiro atoms. The standard InChI is InChI=1S/C35H41N3O9/c1-22(2)31(41)45-19-11-16-36-27-13-10-9-12-26(27)35(7,8)28(36)15-14-25-29(39)37(17-20-46-32(42)23(3)4)34(44)38(30(25)40)18-21-47-33(43)24(5)6/h9-10,12-15H,1,3,5,11,16-21H2,2,4,6-8H3/b28-15+. The fourth-order valence-corrected chi connectivity index (χ4v) is 5.00. The van der Waals surface area contributed by atoms with Crippen molar-refractivity contribution in [3.63, 3.8) is 0 Å². The first-order chi connectivity index (χ1) is 22.1. The van der Waals surface area contributed by atoms with Crippen molar-refractivity contribution in [1.82, 2.24) is 9.80 Å². The molecule has 0 unspecified atom stereocenters. The van der Waals surface area contributed by atoms with Gasteiger partial charge in [0.2, 0.25) is 0 Å². The number of esters is 3. The van der Waals surface area contributed by atoms with Crippen LogP contribution in [0.5, 0.6) is 0 Å². The number of fused-ring (bicyclic) bond motifs is 1. The Kier molecular flexibility index (Phi) is 11.8. The van der Waals surface area contributed by atoms with Gasteiger partial charge >= 0.3 is 23.9 Å². The maximum absolute atomic E-state index is 13.6. The Morgan fingerprint density at radius 2 is 1.17 bits per heavy atom. The van der Waals surface area contributed by atoms with E-state index in [1.54, 1.807) is 13.0 Å². The van der Waals surface area contributed by atoms with Crippen LogP contribution in [-0.2, 0) is 43.6 Å². The SMILES string of the molecule is C=C(C)C(=O)OCCCN1/C(=C/C=C2C(=O)N(CCOC(=O)C(=C)C)C(=O)N(CCOC(=O)C(=C)C)C2=O)C(C)(C)c2ccccc21. The first-order valence-corrected chi connectivity index (χ1v) is 15.0. The number of allylic oxidation sites excluding steroid dienone is 3. The molecule has 2 heterocycles. The summed E-state index contributed by atoms with van der Waals surface area (Å²) in [6.07, 6.45) is 3.52. The number of amides is 4. The molecule has 1 fully saturated rings. The molecule has 2 aliphatic heterocycles. The third-order valence-corrected chi connectivity index (χ3v) is 7.52. The number of hydrogen-bond acceptors (Lipinski definition) is 10. The highest BCUT2D eigenvalue weighted by Crippen LogP contribution is 2.47. The minimum absolute atomic E-state index is 0.142. The zero-order valence-electron chi connectivity index (χ0n) is 27.6. The van der Waals surface area contributed by atoms with Crippen LogP contribution < -0.4 is 4.90 Å². The quantitative estimate of drug-likeness (QED) is 0.0952. The Morgan fingerprint density at radius 3 is 1.66 bits per heavy atom. The van der Waals surface area contributed by atoms with Gasteiger partial charge in [0.15, 0.2) is 0 Å². The summed E-state index contributed by atoms with van der Waals surface area (Å²) < 4.78 is 15.5. The molecule has 1 aromatic rings. The van der Waals surface area contributed by atoms with E-state index in [4.69, 9.17) is 14.2 Å². The Hall–Kier alpha value is -5.26. The number of carbonyl (C=O) groups is 6. The second-order valence-corrected chi connectivity index (χ2v) is 11.7. The highest BCUT2D eigenvalue weighted by Gasteiger charge is 2.43. The van der Waals surface area contributed by atoms with E-state index in [0.717, 1.165) is 26.7 Å². The summed E-state index contributed by atoms with van der Waals surface area (Å²) in [7, 11) is 0. The minimum atomic E-state index is -0.943. The maximum Gasteiger partial charge on any atom is 0.334 e. The molecule has 12 heteroatoms. The molecule has 1 saturated heterocycles. The summed E-state index contributed by atoms with van der Waals surface area (Å²) in [5.41, 5.74) is 2.43. The number of para-hydroxylation sites is 1. The fraction of sp³-hybridized carbons (Fsp3) is 0.371. The molecule has 0 saturated carbocycles.